The van der Waals surface area contributed by atoms with Crippen molar-refractivity contribution in [2.45, 2.75) is 38.4 Å². The van der Waals surface area contributed by atoms with Gasteiger partial charge in [-0.1, -0.05) is 0 Å². The second kappa shape index (κ2) is 8.37. The summed E-state index contributed by atoms with van der Waals surface area (Å²) < 4.78 is 124. The van der Waals surface area contributed by atoms with Gasteiger partial charge in [0.05, 0.1) is 17.2 Å². The molecule has 0 amide bonds. The first-order chi connectivity index (χ1) is 16.5. The Bertz CT molecular complexity index is 1400. The average molecular weight is 524 g/mol. The summed E-state index contributed by atoms with van der Waals surface area (Å²) in [6.45, 7) is 2.93. The number of hydrogen-bond acceptors (Lipinski definition) is 6. The minimum Gasteiger partial charge on any atom is -0.423 e. The van der Waals surface area contributed by atoms with Crippen LogP contribution in [0.4, 0.5) is 45.5 Å². The minimum atomic E-state index is -5.16. The summed E-state index contributed by atoms with van der Waals surface area (Å²) in [5.74, 6) is 0.208. The Morgan fingerprint density at radius 1 is 0.889 bits per heavy atom. The van der Waals surface area contributed by atoms with Gasteiger partial charge in [0.1, 0.15) is 16.9 Å². The van der Waals surface area contributed by atoms with Crippen LogP contribution in [0.1, 0.15) is 41.3 Å². The highest BCUT2D eigenvalue weighted by Crippen LogP contribution is 2.41. The van der Waals surface area contributed by atoms with Gasteiger partial charge in [-0.2, -0.15) is 49.2 Å². The maximum atomic E-state index is 13.4. The Morgan fingerprint density at radius 2 is 1.56 bits per heavy atom. The molecule has 1 aromatic carbocycles. The molecule has 1 N–H and O–H groups in total. The van der Waals surface area contributed by atoms with E-state index < -0.39 is 58.4 Å². The van der Waals surface area contributed by atoms with Gasteiger partial charge in [0, 0.05) is 6.20 Å². The third kappa shape index (κ3) is 4.92. The van der Waals surface area contributed by atoms with Crippen LogP contribution in [-0.2, 0) is 18.5 Å². The summed E-state index contributed by atoms with van der Waals surface area (Å²) in [7, 11) is 0. The van der Waals surface area contributed by atoms with Crippen LogP contribution < -0.4 is 5.32 Å². The quantitative estimate of drug-likeness (QED) is 0.314. The summed E-state index contributed by atoms with van der Waals surface area (Å²) in [5.41, 5.74) is -5.81. The lowest BCUT2D eigenvalue weighted by Gasteiger charge is -2.13. The van der Waals surface area contributed by atoms with Crippen LogP contribution in [0.5, 0.6) is 0 Å². The molecule has 192 valence electrons. The van der Waals surface area contributed by atoms with Gasteiger partial charge in [-0.05, 0) is 38.1 Å². The van der Waals surface area contributed by atoms with E-state index in [1.54, 1.807) is 0 Å². The number of nitrogens with zero attached hydrogens (tertiary/aromatic N) is 5. The summed E-state index contributed by atoms with van der Waals surface area (Å²) >= 11 is 0. The number of fused-ring (bicyclic) bond motifs is 1. The Balaban J connectivity index is 1.70. The molecule has 3 heterocycles. The van der Waals surface area contributed by atoms with E-state index in [0.29, 0.717) is 12.3 Å². The van der Waals surface area contributed by atoms with E-state index in [9.17, 15) is 39.5 Å². The molecule has 0 fully saturated rings. The molecule has 16 heteroatoms. The van der Waals surface area contributed by atoms with Crippen LogP contribution in [0, 0.1) is 6.92 Å². The van der Waals surface area contributed by atoms with Gasteiger partial charge in [-0.15, -0.1) is 5.10 Å². The summed E-state index contributed by atoms with van der Waals surface area (Å²) in [6.07, 6.45) is -14.2. The molecule has 7 nitrogen and oxygen atoms in total. The number of alkyl halides is 9. The predicted octanol–water partition coefficient (Wildman–Crippen LogP) is 6.34. The van der Waals surface area contributed by atoms with Gasteiger partial charge >= 0.3 is 18.5 Å². The van der Waals surface area contributed by atoms with Crippen LogP contribution >= 0.6 is 0 Å². The average Bonchev–Trinajstić information content (AvgIpc) is 3.33. The Hall–Kier alpha value is -3.85. The summed E-state index contributed by atoms with van der Waals surface area (Å²) in [6, 6.07) is 0.689. The highest BCUT2D eigenvalue weighted by Gasteiger charge is 2.40. The van der Waals surface area contributed by atoms with E-state index in [1.165, 1.54) is 13.8 Å². The van der Waals surface area contributed by atoms with Gasteiger partial charge in [0.2, 0.25) is 0 Å². The SMILES string of the molecule is Cc1nc([C@H](C)Nc2nc3cc(C(F)(F)F)cc(C(F)(F)F)c3o2)n(-c2ccc(C(F)(F)F)cn2)n1. The van der Waals surface area contributed by atoms with E-state index in [4.69, 9.17) is 4.42 Å². The number of halogens is 9. The molecule has 0 radical (unpaired) electrons. The third-order valence-electron chi connectivity index (χ3n) is 4.88. The lowest BCUT2D eigenvalue weighted by molar-refractivity contribution is -0.142. The Labute approximate surface area is 195 Å². The first kappa shape index (κ1) is 25.2. The monoisotopic (exact) mass is 524 g/mol. The van der Waals surface area contributed by atoms with Gasteiger partial charge in [0.15, 0.2) is 17.2 Å². The number of oxazole rings is 1. The van der Waals surface area contributed by atoms with Crippen LogP contribution in [0.2, 0.25) is 0 Å². The van der Waals surface area contributed by atoms with Crippen LogP contribution in [0.3, 0.4) is 0 Å². The summed E-state index contributed by atoms with van der Waals surface area (Å²) in [5, 5.41) is 6.65. The maximum absolute atomic E-state index is 13.4. The number of aromatic nitrogens is 5. The van der Waals surface area contributed by atoms with E-state index in [-0.39, 0.29) is 23.5 Å². The molecular formula is C20H13F9N6O. The Kier molecular flexibility index (Phi) is 5.87. The molecule has 0 aliphatic heterocycles. The van der Waals surface area contributed by atoms with Crippen LogP contribution in [-0.4, -0.2) is 24.7 Å². The number of nitrogens with one attached hydrogen (secondary N) is 1. The fourth-order valence-corrected chi connectivity index (χ4v) is 3.28. The zero-order chi connectivity index (χ0) is 26.6. The number of benzene rings is 1. The molecule has 0 saturated heterocycles. The number of rotatable bonds is 4. The van der Waals surface area contributed by atoms with Crippen molar-refractivity contribution in [1.82, 2.24) is 24.7 Å². The second-order valence-corrected chi connectivity index (χ2v) is 7.58. The molecule has 0 aliphatic carbocycles. The van der Waals surface area contributed by atoms with Crippen LogP contribution in [0.15, 0.2) is 34.9 Å². The zero-order valence-electron chi connectivity index (χ0n) is 18.0. The first-order valence-corrected chi connectivity index (χ1v) is 9.86. The lowest BCUT2D eigenvalue weighted by Crippen LogP contribution is -2.15. The Morgan fingerprint density at radius 3 is 2.11 bits per heavy atom. The standard InChI is InChI=1S/C20H13F9N6O/c1-8(16-32-9(2)34-35(16)14-4-3-10(7-30-14)18(21,22)23)31-17-33-13-6-11(19(24,25)26)5-12(15(13)36-17)20(27,28)29/h3-8H,1-2H3,(H,31,33)/t8-/m0/s1. The second-order valence-electron chi connectivity index (χ2n) is 7.58. The molecule has 1 atom stereocenters. The van der Waals surface area contributed by atoms with Gasteiger partial charge < -0.3 is 9.73 Å². The molecule has 4 aromatic rings. The minimum absolute atomic E-state index is 0.0426. The van der Waals surface area contributed by atoms with E-state index in [2.05, 4.69) is 25.4 Å². The van der Waals surface area contributed by atoms with Crippen molar-refractivity contribution in [2.75, 3.05) is 5.32 Å². The van der Waals surface area contributed by atoms with Crippen molar-refractivity contribution >= 4 is 17.1 Å². The fourth-order valence-electron chi connectivity index (χ4n) is 3.28. The number of aryl methyl sites for hydroxylation is 1. The van der Waals surface area contributed by atoms with E-state index >= 15 is 0 Å². The van der Waals surface area contributed by atoms with Crippen molar-refractivity contribution in [3.05, 3.63) is 58.8 Å². The zero-order valence-corrected chi connectivity index (χ0v) is 18.0. The van der Waals surface area contributed by atoms with E-state index in [1.807, 2.05) is 0 Å². The maximum Gasteiger partial charge on any atom is 0.420 e. The normalized spacial score (nSPS) is 13.9. The molecule has 3 aromatic heterocycles. The van der Waals surface area contributed by atoms with Crippen molar-refractivity contribution in [3.8, 4) is 5.82 Å². The van der Waals surface area contributed by atoms with Gasteiger partial charge in [-0.3, -0.25) is 0 Å². The predicted molar refractivity (Wildman–Crippen MR) is 105 cm³/mol. The highest BCUT2D eigenvalue weighted by atomic mass is 19.4. The topological polar surface area (TPSA) is 81.7 Å². The molecular weight excluding hydrogens is 511 g/mol. The fraction of sp³-hybridized carbons (Fsp3) is 0.300. The number of pyridine rings is 1. The van der Waals surface area contributed by atoms with Gasteiger partial charge in [0.25, 0.3) is 6.01 Å². The van der Waals surface area contributed by atoms with Gasteiger partial charge in [-0.25, -0.2) is 9.97 Å². The molecule has 4 rings (SSSR count). The largest absolute Gasteiger partial charge is 0.423 e. The number of hydrogen-bond donors (Lipinski definition) is 1. The van der Waals surface area contributed by atoms with Crippen molar-refractivity contribution in [2.24, 2.45) is 0 Å². The molecule has 0 unspecified atom stereocenters. The molecule has 36 heavy (non-hydrogen) atoms. The first-order valence-electron chi connectivity index (χ1n) is 9.86. The van der Waals surface area contributed by atoms with Crippen molar-refractivity contribution in [1.29, 1.82) is 0 Å². The molecule has 0 bridgehead atoms. The van der Waals surface area contributed by atoms with Crippen molar-refractivity contribution in [3.63, 3.8) is 0 Å². The number of anilines is 1. The third-order valence-corrected chi connectivity index (χ3v) is 4.88. The highest BCUT2D eigenvalue weighted by molar-refractivity contribution is 5.80. The van der Waals surface area contributed by atoms with Crippen molar-refractivity contribution < 1.29 is 43.9 Å². The van der Waals surface area contributed by atoms with E-state index in [0.717, 1.165) is 16.8 Å². The smallest absolute Gasteiger partial charge is 0.420 e. The summed E-state index contributed by atoms with van der Waals surface area (Å²) in [4.78, 5) is 11.6. The molecule has 0 saturated carbocycles. The molecule has 0 spiro atoms. The molecule has 0 aliphatic rings. The lowest BCUT2D eigenvalue weighted by atomic mass is 10.1. The van der Waals surface area contributed by atoms with Crippen LogP contribution in [0.25, 0.3) is 16.9 Å².